The molecule has 0 unspecified atom stereocenters. The summed E-state index contributed by atoms with van der Waals surface area (Å²) < 4.78 is 0. The number of rotatable bonds is 4. The largest absolute Gasteiger partial charge is 0.378 e. The van der Waals surface area contributed by atoms with Crippen molar-refractivity contribution in [2.75, 3.05) is 38.0 Å². The highest BCUT2D eigenvalue weighted by atomic mass is 15.1. The Morgan fingerprint density at radius 1 is 0.471 bits per heavy atom. The molecule has 0 bridgehead atoms. The van der Waals surface area contributed by atoms with E-state index in [2.05, 4.69) is 123 Å². The maximum atomic E-state index is 5.17. The minimum absolute atomic E-state index is 1.00. The van der Waals surface area contributed by atoms with Crippen molar-refractivity contribution in [1.29, 1.82) is 0 Å². The smallest absolute Gasteiger partial charge is 0.0788 e. The maximum Gasteiger partial charge on any atom is 0.0788 e. The molecule has 4 aromatic carbocycles. The first-order valence-corrected chi connectivity index (χ1v) is 11.5. The molecule has 0 aliphatic carbocycles. The Labute approximate surface area is 199 Å². The van der Waals surface area contributed by atoms with E-state index in [0.717, 1.165) is 44.3 Å². The van der Waals surface area contributed by atoms with Crippen LogP contribution in [-0.4, -0.2) is 38.2 Å². The van der Waals surface area contributed by atoms with E-state index in [0.29, 0.717) is 0 Å². The average molecular weight is 443 g/mol. The first-order valence-electron chi connectivity index (χ1n) is 11.5. The molecule has 0 amide bonds. The molecule has 2 heterocycles. The molecule has 4 nitrogen and oxygen atoms in total. The van der Waals surface area contributed by atoms with Crippen LogP contribution in [0.1, 0.15) is 0 Å². The summed E-state index contributed by atoms with van der Waals surface area (Å²) in [6.45, 7) is 0. The van der Waals surface area contributed by atoms with Crippen LogP contribution in [0.2, 0.25) is 0 Å². The SMILES string of the molecule is CN(C)c1ccc(-c2nc3cccc4c(-c5ccc(N(C)C)cc5)nc5cccc2c5c34)cc1. The lowest BCUT2D eigenvalue weighted by Gasteiger charge is -2.17. The molecular weight excluding hydrogens is 416 g/mol. The quantitative estimate of drug-likeness (QED) is 0.280. The number of hydrogen-bond donors (Lipinski definition) is 0. The van der Waals surface area contributed by atoms with Crippen LogP contribution in [0.15, 0.2) is 84.9 Å². The van der Waals surface area contributed by atoms with E-state index in [1.54, 1.807) is 0 Å². The van der Waals surface area contributed by atoms with Gasteiger partial charge in [0.15, 0.2) is 0 Å². The molecule has 2 aromatic heterocycles. The third kappa shape index (κ3) is 3.14. The van der Waals surface area contributed by atoms with Crippen LogP contribution in [0.25, 0.3) is 55.1 Å². The van der Waals surface area contributed by atoms with E-state index < -0.39 is 0 Å². The van der Waals surface area contributed by atoms with E-state index in [9.17, 15) is 0 Å². The molecule has 6 rings (SSSR count). The van der Waals surface area contributed by atoms with Gasteiger partial charge in [0.25, 0.3) is 0 Å². The molecule has 0 aliphatic rings. The second kappa shape index (κ2) is 7.70. The predicted molar refractivity (Wildman–Crippen MR) is 145 cm³/mol. The van der Waals surface area contributed by atoms with Crippen LogP contribution in [0.3, 0.4) is 0 Å². The number of pyridine rings is 2. The minimum atomic E-state index is 1.00. The molecule has 0 N–H and O–H groups in total. The van der Waals surface area contributed by atoms with Crippen molar-refractivity contribution >= 4 is 44.0 Å². The second-order valence-electron chi connectivity index (χ2n) is 9.20. The molecule has 0 saturated heterocycles. The number of nitrogens with zero attached hydrogens (tertiary/aromatic N) is 4. The fourth-order valence-corrected chi connectivity index (χ4v) is 4.82. The summed E-state index contributed by atoms with van der Waals surface area (Å²) in [4.78, 5) is 14.6. The number of benzene rings is 4. The van der Waals surface area contributed by atoms with Crippen LogP contribution in [0, 0.1) is 0 Å². The molecule has 34 heavy (non-hydrogen) atoms. The zero-order chi connectivity index (χ0) is 23.4. The fraction of sp³-hybridized carbons (Fsp3) is 0.133. The van der Waals surface area contributed by atoms with Crippen LogP contribution in [0.4, 0.5) is 11.4 Å². The van der Waals surface area contributed by atoms with Gasteiger partial charge in [-0.3, -0.25) is 0 Å². The summed E-state index contributed by atoms with van der Waals surface area (Å²) in [5.41, 5.74) is 8.58. The van der Waals surface area contributed by atoms with Crippen molar-refractivity contribution in [3.05, 3.63) is 84.9 Å². The highest BCUT2D eigenvalue weighted by molar-refractivity contribution is 6.25. The van der Waals surface area contributed by atoms with Gasteiger partial charge < -0.3 is 9.80 Å². The fourth-order valence-electron chi connectivity index (χ4n) is 4.82. The summed E-state index contributed by atoms with van der Waals surface area (Å²) in [6.07, 6.45) is 0. The molecule has 0 radical (unpaired) electrons. The van der Waals surface area contributed by atoms with Gasteiger partial charge in [0, 0.05) is 72.2 Å². The highest BCUT2D eigenvalue weighted by Crippen LogP contribution is 2.41. The zero-order valence-corrected chi connectivity index (χ0v) is 19.9. The highest BCUT2D eigenvalue weighted by Gasteiger charge is 2.18. The van der Waals surface area contributed by atoms with E-state index in [-0.39, 0.29) is 0 Å². The molecular formula is C30H26N4. The summed E-state index contributed by atoms with van der Waals surface area (Å²) in [5.74, 6) is 0. The zero-order valence-electron chi connectivity index (χ0n) is 19.9. The van der Waals surface area contributed by atoms with Gasteiger partial charge >= 0.3 is 0 Å². The van der Waals surface area contributed by atoms with Crippen molar-refractivity contribution in [2.45, 2.75) is 0 Å². The Bertz CT molecular complexity index is 1510. The number of aromatic nitrogens is 2. The lowest BCUT2D eigenvalue weighted by atomic mass is 9.94. The van der Waals surface area contributed by atoms with Gasteiger partial charge in [0.2, 0.25) is 0 Å². The molecule has 0 fully saturated rings. The van der Waals surface area contributed by atoms with E-state index in [4.69, 9.17) is 9.97 Å². The van der Waals surface area contributed by atoms with Gasteiger partial charge in [-0.2, -0.15) is 0 Å². The third-order valence-electron chi connectivity index (χ3n) is 6.62. The molecule has 166 valence electrons. The second-order valence-corrected chi connectivity index (χ2v) is 9.20. The Balaban J connectivity index is 1.63. The maximum absolute atomic E-state index is 5.17. The van der Waals surface area contributed by atoms with Crippen molar-refractivity contribution in [2.24, 2.45) is 0 Å². The Morgan fingerprint density at radius 3 is 1.21 bits per heavy atom. The topological polar surface area (TPSA) is 32.3 Å². The van der Waals surface area contributed by atoms with Crippen molar-refractivity contribution in [3.8, 4) is 22.5 Å². The van der Waals surface area contributed by atoms with Crippen LogP contribution in [-0.2, 0) is 0 Å². The van der Waals surface area contributed by atoms with Crippen LogP contribution in [0.5, 0.6) is 0 Å². The van der Waals surface area contributed by atoms with Gasteiger partial charge in [-0.25, -0.2) is 9.97 Å². The Hall–Kier alpha value is -4.18. The van der Waals surface area contributed by atoms with Gasteiger partial charge in [0.05, 0.1) is 22.4 Å². The molecule has 4 heteroatoms. The van der Waals surface area contributed by atoms with E-state index >= 15 is 0 Å². The van der Waals surface area contributed by atoms with Gasteiger partial charge in [-0.15, -0.1) is 0 Å². The summed E-state index contributed by atoms with van der Waals surface area (Å²) in [7, 11) is 8.23. The van der Waals surface area contributed by atoms with Gasteiger partial charge in [0.1, 0.15) is 0 Å². The Kier molecular flexibility index (Phi) is 4.63. The lowest BCUT2D eigenvalue weighted by molar-refractivity contribution is 1.13. The standard InChI is InChI=1S/C30H26N4/c1-33(2)21-15-11-19(12-16-21)29-23-7-5-10-26-27(23)28-24(8-6-9-25(28)31-29)30(32-26)20-13-17-22(18-14-20)34(3)4/h5-18H,1-4H3. The number of hydrogen-bond acceptors (Lipinski definition) is 4. The summed E-state index contributed by atoms with van der Waals surface area (Å²) >= 11 is 0. The summed E-state index contributed by atoms with van der Waals surface area (Å²) in [6, 6.07) is 30.0. The third-order valence-corrected chi connectivity index (χ3v) is 6.62. The summed E-state index contributed by atoms with van der Waals surface area (Å²) in [5, 5.41) is 4.65. The van der Waals surface area contributed by atoms with Gasteiger partial charge in [-0.1, -0.05) is 48.5 Å². The van der Waals surface area contributed by atoms with Crippen molar-refractivity contribution in [3.63, 3.8) is 0 Å². The normalized spacial score (nSPS) is 11.5. The van der Waals surface area contributed by atoms with E-state index in [1.165, 1.54) is 22.1 Å². The van der Waals surface area contributed by atoms with Crippen molar-refractivity contribution in [1.82, 2.24) is 9.97 Å². The molecule has 0 spiro atoms. The lowest BCUT2D eigenvalue weighted by Crippen LogP contribution is -2.08. The molecule has 0 aliphatic heterocycles. The minimum Gasteiger partial charge on any atom is -0.378 e. The first kappa shape index (κ1) is 20.4. The Morgan fingerprint density at radius 2 is 0.853 bits per heavy atom. The van der Waals surface area contributed by atoms with Crippen LogP contribution < -0.4 is 9.80 Å². The molecule has 6 aromatic rings. The predicted octanol–water partition coefficient (Wildman–Crippen LogP) is 6.84. The number of anilines is 2. The average Bonchev–Trinajstić information content (AvgIpc) is 2.87. The first-order chi connectivity index (χ1) is 16.5. The van der Waals surface area contributed by atoms with Crippen molar-refractivity contribution < 1.29 is 0 Å². The van der Waals surface area contributed by atoms with E-state index in [1.807, 2.05) is 0 Å². The molecule has 0 atom stereocenters. The van der Waals surface area contributed by atoms with Gasteiger partial charge in [-0.05, 0) is 36.4 Å². The van der Waals surface area contributed by atoms with Crippen LogP contribution >= 0.6 is 0 Å². The molecule has 0 saturated carbocycles. The monoisotopic (exact) mass is 442 g/mol.